The number of hydrogen-bond donors (Lipinski definition) is 2. The fraction of sp³-hybridized carbons (Fsp3) is 0.941. The molecule has 2 saturated heterocycles. The Balaban J connectivity index is 1.41. The molecule has 0 aromatic rings. The molecule has 0 aromatic carbocycles. The lowest BCUT2D eigenvalue weighted by atomic mass is 9.91. The number of halogens is 2. The van der Waals surface area contributed by atoms with Crippen LogP contribution in [0.4, 0.5) is 8.78 Å². The number of rotatable bonds is 4. The maximum absolute atomic E-state index is 13.2. The summed E-state index contributed by atoms with van der Waals surface area (Å²) in [6.07, 6.45) is -0.197. The number of nitrogens with one attached hydrogen (secondary N) is 1. The van der Waals surface area contributed by atoms with Crippen molar-refractivity contribution in [1.29, 1.82) is 0 Å². The Morgan fingerprint density at radius 3 is 2.48 bits per heavy atom. The van der Waals surface area contributed by atoms with E-state index < -0.39 is 12.0 Å². The number of amides is 1. The summed E-state index contributed by atoms with van der Waals surface area (Å²) in [5.74, 6) is -2.44. The van der Waals surface area contributed by atoms with Crippen LogP contribution in [-0.4, -0.2) is 90.4 Å². The van der Waals surface area contributed by atoms with Gasteiger partial charge in [0.2, 0.25) is 11.8 Å². The highest BCUT2D eigenvalue weighted by atomic mass is 19.3. The van der Waals surface area contributed by atoms with Crippen LogP contribution < -0.4 is 5.32 Å². The summed E-state index contributed by atoms with van der Waals surface area (Å²) in [6.45, 7) is 5.59. The number of carbonyl (C=O) groups excluding carboxylic acids is 1. The third kappa shape index (κ3) is 4.87. The highest BCUT2D eigenvalue weighted by Gasteiger charge is 2.40. The van der Waals surface area contributed by atoms with Crippen LogP contribution in [0.3, 0.4) is 0 Å². The number of aliphatic hydroxyl groups is 1. The van der Waals surface area contributed by atoms with Crippen LogP contribution in [-0.2, 0) is 9.53 Å². The summed E-state index contributed by atoms with van der Waals surface area (Å²) in [5, 5.41) is 13.8. The van der Waals surface area contributed by atoms with Crippen molar-refractivity contribution >= 4 is 5.91 Å². The van der Waals surface area contributed by atoms with Crippen molar-refractivity contribution < 1.29 is 23.4 Å². The summed E-state index contributed by atoms with van der Waals surface area (Å²) in [4.78, 5) is 15.4. The summed E-state index contributed by atoms with van der Waals surface area (Å²) in [6, 6.07) is -0.166. The summed E-state index contributed by atoms with van der Waals surface area (Å²) >= 11 is 0. The lowest BCUT2D eigenvalue weighted by molar-refractivity contribution is -0.130. The van der Waals surface area contributed by atoms with Gasteiger partial charge >= 0.3 is 0 Å². The van der Waals surface area contributed by atoms with Crippen LogP contribution in [0.1, 0.15) is 32.6 Å². The fourth-order valence-corrected chi connectivity index (χ4v) is 4.00. The second kappa shape index (κ2) is 7.82. The SMILES string of the molecule is CC(=O)N1CCN(CC2OCC(NC3CCC(F)(F)CC3)C2O)CC1. The molecule has 3 aliphatic rings. The van der Waals surface area contributed by atoms with E-state index in [1.807, 2.05) is 4.90 Å². The van der Waals surface area contributed by atoms with Crippen molar-refractivity contribution in [2.45, 2.75) is 62.8 Å². The molecule has 0 aromatic heterocycles. The number of hydrogen-bond acceptors (Lipinski definition) is 5. The molecular weight excluding hydrogens is 332 g/mol. The zero-order valence-electron chi connectivity index (χ0n) is 14.8. The molecule has 6 nitrogen and oxygen atoms in total. The van der Waals surface area contributed by atoms with Crippen LogP contribution >= 0.6 is 0 Å². The van der Waals surface area contributed by atoms with Gasteiger partial charge in [0.05, 0.1) is 24.9 Å². The minimum Gasteiger partial charge on any atom is -0.389 e. The van der Waals surface area contributed by atoms with Gasteiger partial charge in [0.1, 0.15) is 0 Å². The lowest BCUT2D eigenvalue weighted by Crippen LogP contribution is -2.53. The van der Waals surface area contributed by atoms with Gasteiger partial charge in [-0.2, -0.15) is 0 Å². The topological polar surface area (TPSA) is 65.0 Å². The fourth-order valence-electron chi connectivity index (χ4n) is 4.00. The van der Waals surface area contributed by atoms with E-state index in [0.717, 1.165) is 13.1 Å². The second-order valence-electron chi connectivity index (χ2n) is 7.57. The summed E-state index contributed by atoms with van der Waals surface area (Å²) < 4.78 is 32.2. The molecular formula is C17H29F2N3O3. The highest BCUT2D eigenvalue weighted by Crippen LogP contribution is 2.33. The third-order valence-electron chi connectivity index (χ3n) is 5.71. The molecule has 25 heavy (non-hydrogen) atoms. The minimum absolute atomic E-state index is 0.0285. The summed E-state index contributed by atoms with van der Waals surface area (Å²) in [7, 11) is 0. The number of piperazine rings is 1. The van der Waals surface area contributed by atoms with Crippen LogP contribution in [0, 0.1) is 0 Å². The first kappa shape index (κ1) is 18.9. The molecule has 144 valence electrons. The van der Waals surface area contributed by atoms with E-state index in [0.29, 0.717) is 39.1 Å². The van der Waals surface area contributed by atoms with Crippen LogP contribution in [0.5, 0.6) is 0 Å². The van der Waals surface area contributed by atoms with Crippen LogP contribution in [0.2, 0.25) is 0 Å². The molecule has 3 fully saturated rings. The molecule has 2 heterocycles. The van der Waals surface area contributed by atoms with Crippen molar-refractivity contribution in [2.24, 2.45) is 0 Å². The maximum atomic E-state index is 13.2. The van der Waals surface area contributed by atoms with Gasteiger partial charge < -0.3 is 20.1 Å². The monoisotopic (exact) mass is 361 g/mol. The van der Waals surface area contributed by atoms with E-state index in [9.17, 15) is 18.7 Å². The van der Waals surface area contributed by atoms with Crippen molar-refractivity contribution in [2.75, 3.05) is 39.3 Å². The number of aliphatic hydroxyl groups excluding tert-OH is 1. The number of carbonyl (C=O) groups is 1. The standard InChI is InChI=1S/C17H29F2N3O3/c1-12(23)22-8-6-21(7-9-22)10-15-16(24)14(11-25-15)20-13-2-4-17(18,19)5-3-13/h13-16,20,24H,2-11H2,1H3. The predicted octanol–water partition coefficient (Wildman–Crippen LogP) is 0.446. The van der Waals surface area contributed by atoms with E-state index >= 15 is 0 Å². The first-order valence-corrected chi connectivity index (χ1v) is 9.25. The molecule has 2 N–H and O–H groups in total. The molecule has 3 rings (SSSR count). The molecule has 2 aliphatic heterocycles. The largest absolute Gasteiger partial charge is 0.389 e. The Morgan fingerprint density at radius 2 is 1.88 bits per heavy atom. The number of alkyl halides is 2. The molecule has 3 atom stereocenters. The number of ether oxygens (including phenoxy) is 1. The first-order valence-electron chi connectivity index (χ1n) is 9.25. The highest BCUT2D eigenvalue weighted by molar-refractivity contribution is 5.73. The molecule has 1 aliphatic carbocycles. The Bertz CT molecular complexity index is 462. The van der Waals surface area contributed by atoms with Crippen molar-refractivity contribution in [3.63, 3.8) is 0 Å². The zero-order valence-corrected chi connectivity index (χ0v) is 14.8. The second-order valence-corrected chi connectivity index (χ2v) is 7.57. The zero-order chi connectivity index (χ0) is 18.0. The van der Waals surface area contributed by atoms with E-state index in [1.165, 1.54) is 0 Å². The van der Waals surface area contributed by atoms with E-state index in [1.54, 1.807) is 6.92 Å². The summed E-state index contributed by atoms with van der Waals surface area (Å²) in [5.41, 5.74) is 0. The molecule has 1 amide bonds. The number of nitrogens with zero attached hydrogens (tertiary/aromatic N) is 2. The quantitative estimate of drug-likeness (QED) is 0.761. The molecule has 1 saturated carbocycles. The Hall–Kier alpha value is -0.830. The van der Waals surface area contributed by atoms with Gasteiger partial charge in [0.25, 0.3) is 0 Å². The third-order valence-corrected chi connectivity index (χ3v) is 5.71. The van der Waals surface area contributed by atoms with Crippen LogP contribution in [0.15, 0.2) is 0 Å². The Labute approximate surface area is 147 Å². The maximum Gasteiger partial charge on any atom is 0.248 e. The van der Waals surface area contributed by atoms with Crippen LogP contribution in [0.25, 0.3) is 0 Å². The normalized spacial score (nSPS) is 34.4. The smallest absolute Gasteiger partial charge is 0.248 e. The van der Waals surface area contributed by atoms with Gasteiger partial charge in [0, 0.05) is 58.5 Å². The minimum atomic E-state index is -2.53. The molecule has 0 radical (unpaired) electrons. The molecule has 0 bridgehead atoms. The van der Waals surface area contributed by atoms with Gasteiger partial charge in [0.15, 0.2) is 0 Å². The average molecular weight is 361 g/mol. The average Bonchev–Trinajstić information content (AvgIpc) is 2.90. The van der Waals surface area contributed by atoms with Gasteiger partial charge in [-0.15, -0.1) is 0 Å². The first-order chi connectivity index (χ1) is 11.8. The lowest BCUT2D eigenvalue weighted by Gasteiger charge is -2.36. The molecule has 3 unspecified atom stereocenters. The predicted molar refractivity (Wildman–Crippen MR) is 88.6 cm³/mol. The van der Waals surface area contributed by atoms with Crippen molar-refractivity contribution in [1.82, 2.24) is 15.1 Å². The van der Waals surface area contributed by atoms with Crippen molar-refractivity contribution in [3.05, 3.63) is 0 Å². The Kier molecular flexibility index (Phi) is 5.92. The molecule has 8 heteroatoms. The van der Waals surface area contributed by atoms with Gasteiger partial charge in [-0.05, 0) is 12.8 Å². The van der Waals surface area contributed by atoms with E-state index in [4.69, 9.17) is 4.74 Å². The van der Waals surface area contributed by atoms with Crippen molar-refractivity contribution in [3.8, 4) is 0 Å². The van der Waals surface area contributed by atoms with Gasteiger partial charge in [-0.25, -0.2) is 8.78 Å². The van der Waals surface area contributed by atoms with E-state index in [2.05, 4.69) is 10.2 Å². The Morgan fingerprint density at radius 1 is 1.24 bits per heavy atom. The van der Waals surface area contributed by atoms with Gasteiger partial charge in [-0.1, -0.05) is 0 Å². The molecule has 0 spiro atoms. The van der Waals surface area contributed by atoms with E-state index in [-0.39, 0.29) is 36.9 Å². The van der Waals surface area contributed by atoms with Gasteiger partial charge in [-0.3, -0.25) is 9.69 Å².